The van der Waals surface area contributed by atoms with Gasteiger partial charge < -0.3 is 9.97 Å². The number of aromatic nitrogens is 2. The predicted octanol–water partition coefficient (Wildman–Crippen LogP) is 4.06. The minimum atomic E-state index is -0.303. The largest absolute Gasteiger partial charge is 0.323 e. The van der Waals surface area contributed by atoms with Gasteiger partial charge in [0.15, 0.2) is 5.78 Å². The lowest BCUT2D eigenvalue weighted by Crippen LogP contribution is -1.99. The number of hydrogen-bond acceptors (Lipinski definition) is 2. The van der Waals surface area contributed by atoms with Crippen molar-refractivity contribution in [3.63, 3.8) is 0 Å². The molecule has 0 radical (unpaired) electrons. The number of H-pyrrole nitrogens is 2. The van der Waals surface area contributed by atoms with Crippen molar-refractivity contribution in [1.29, 1.82) is 0 Å². The molecule has 0 saturated carbocycles. The quantitative estimate of drug-likeness (QED) is 0.561. The van der Waals surface area contributed by atoms with Gasteiger partial charge in [0.25, 0.3) is 0 Å². The highest BCUT2D eigenvalue weighted by Gasteiger charge is 2.06. The van der Waals surface area contributed by atoms with Gasteiger partial charge in [-0.1, -0.05) is 29.3 Å². The average molecular weight is 333 g/mol. The fourth-order valence-electron chi connectivity index (χ4n) is 2.08. The highest BCUT2D eigenvalue weighted by Crippen LogP contribution is 2.22. The maximum absolute atomic E-state index is 12.2. The molecule has 0 amide bonds. The van der Waals surface area contributed by atoms with E-state index in [9.17, 15) is 9.59 Å². The van der Waals surface area contributed by atoms with Crippen LogP contribution in [0.1, 0.15) is 15.9 Å². The summed E-state index contributed by atoms with van der Waals surface area (Å²) in [6.45, 7) is 0. The van der Waals surface area contributed by atoms with Crippen LogP contribution in [0, 0.1) is 0 Å². The van der Waals surface area contributed by atoms with Gasteiger partial charge in [0.2, 0.25) is 0 Å². The van der Waals surface area contributed by atoms with Gasteiger partial charge >= 0.3 is 5.69 Å². The van der Waals surface area contributed by atoms with E-state index in [2.05, 4.69) is 9.97 Å². The molecule has 3 rings (SSSR count). The summed E-state index contributed by atoms with van der Waals surface area (Å²) >= 11 is 11.9. The number of aromatic amines is 2. The highest BCUT2D eigenvalue weighted by molar-refractivity contribution is 6.35. The van der Waals surface area contributed by atoms with Gasteiger partial charge in [-0.15, -0.1) is 0 Å². The van der Waals surface area contributed by atoms with Crippen LogP contribution in [-0.4, -0.2) is 15.8 Å². The van der Waals surface area contributed by atoms with E-state index in [0.717, 1.165) is 0 Å². The van der Waals surface area contributed by atoms with Crippen molar-refractivity contribution in [3.05, 3.63) is 74.1 Å². The first-order valence-electron chi connectivity index (χ1n) is 6.42. The van der Waals surface area contributed by atoms with Crippen LogP contribution in [-0.2, 0) is 0 Å². The first-order valence-corrected chi connectivity index (χ1v) is 7.18. The summed E-state index contributed by atoms with van der Waals surface area (Å²) in [6, 6.07) is 10.0. The third-order valence-corrected chi connectivity index (χ3v) is 3.74. The van der Waals surface area contributed by atoms with E-state index in [4.69, 9.17) is 23.2 Å². The van der Waals surface area contributed by atoms with Crippen molar-refractivity contribution in [2.75, 3.05) is 0 Å². The fraction of sp³-hybridized carbons (Fsp3) is 0. The van der Waals surface area contributed by atoms with Crippen molar-refractivity contribution in [2.24, 2.45) is 0 Å². The monoisotopic (exact) mass is 332 g/mol. The number of halogens is 2. The molecule has 22 heavy (non-hydrogen) atoms. The maximum Gasteiger partial charge on any atom is 0.323 e. The van der Waals surface area contributed by atoms with E-state index in [0.29, 0.717) is 32.2 Å². The zero-order valence-electron chi connectivity index (χ0n) is 11.2. The van der Waals surface area contributed by atoms with Crippen LogP contribution < -0.4 is 5.69 Å². The predicted molar refractivity (Wildman–Crippen MR) is 88.7 cm³/mol. The van der Waals surface area contributed by atoms with Crippen LogP contribution in [0.15, 0.2) is 47.3 Å². The van der Waals surface area contributed by atoms with E-state index in [1.807, 2.05) is 0 Å². The standard InChI is InChI=1S/C16H10Cl2N2O2/c17-11-4-1-9(12(18)8-11)3-6-15(21)10-2-5-13-14(7-10)20-16(22)19-13/h1-8H,(H2,19,20,22). The number of hydrogen-bond donors (Lipinski definition) is 2. The molecule has 2 N–H and O–H groups in total. The van der Waals surface area contributed by atoms with Gasteiger partial charge in [0.05, 0.1) is 11.0 Å². The van der Waals surface area contributed by atoms with Crippen molar-refractivity contribution in [1.82, 2.24) is 9.97 Å². The molecule has 0 atom stereocenters. The molecule has 3 aromatic rings. The van der Waals surface area contributed by atoms with Crippen LogP contribution in [0.25, 0.3) is 17.1 Å². The van der Waals surface area contributed by atoms with E-state index in [1.165, 1.54) is 6.08 Å². The SMILES string of the molecule is O=C(C=Cc1ccc(Cl)cc1Cl)c1ccc2[nH]c(=O)[nH]c2c1. The third-order valence-electron chi connectivity index (χ3n) is 3.18. The van der Waals surface area contributed by atoms with Crippen molar-refractivity contribution in [2.45, 2.75) is 0 Å². The summed E-state index contributed by atoms with van der Waals surface area (Å²) in [5, 5.41) is 1.01. The van der Waals surface area contributed by atoms with E-state index in [-0.39, 0.29) is 11.5 Å². The number of ketones is 1. The fourth-order valence-corrected chi connectivity index (χ4v) is 2.56. The molecular formula is C16H10Cl2N2O2. The smallest absolute Gasteiger partial charge is 0.306 e. The lowest BCUT2D eigenvalue weighted by molar-refractivity contribution is 0.104. The molecule has 0 bridgehead atoms. The first-order chi connectivity index (χ1) is 10.5. The lowest BCUT2D eigenvalue weighted by atomic mass is 10.1. The molecular weight excluding hydrogens is 323 g/mol. The number of carbonyl (C=O) groups is 1. The minimum absolute atomic E-state index is 0.185. The highest BCUT2D eigenvalue weighted by atomic mass is 35.5. The molecule has 0 fully saturated rings. The van der Waals surface area contributed by atoms with E-state index >= 15 is 0 Å². The number of benzene rings is 2. The molecule has 4 nitrogen and oxygen atoms in total. The van der Waals surface area contributed by atoms with E-state index < -0.39 is 0 Å². The molecule has 6 heteroatoms. The molecule has 1 aromatic heterocycles. The second-order valence-electron chi connectivity index (χ2n) is 4.70. The second-order valence-corrected chi connectivity index (χ2v) is 5.55. The van der Waals surface area contributed by atoms with Gasteiger partial charge in [-0.2, -0.15) is 0 Å². The van der Waals surface area contributed by atoms with Crippen LogP contribution >= 0.6 is 23.2 Å². The molecule has 0 aliphatic rings. The maximum atomic E-state index is 12.2. The zero-order chi connectivity index (χ0) is 15.7. The minimum Gasteiger partial charge on any atom is -0.306 e. The molecule has 2 aromatic carbocycles. The molecule has 110 valence electrons. The summed E-state index contributed by atoms with van der Waals surface area (Å²) in [4.78, 5) is 28.6. The molecule has 0 unspecified atom stereocenters. The third kappa shape index (κ3) is 2.98. The van der Waals surface area contributed by atoms with Crippen molar-refractivity contribution < 1.29 is 4.79 Å². The second kappa shape index (κ2) is 5.83. The Kier molecular flexibility index (Phi) is 3.88. The number of fused-ring (bicyclic) bond motifs is 1. The average Bonchev–Trinajstić information content (AvgIpc) is 2.85. The van der Waals surface area contributed by atoms with Gasteiger partial charge in [0.1, 0.15) is 0 Å². The van der Waals surface area contributed by atoms with Crippen LogP contribution in [0.2, 0.25) is 10.0 Å². The Labute approximate surface area is 135 Å². The zero-order valence-corrected chi connectivity index (χ0v) is 12.7. The lowest BCUT2D eigenvalue weighted by Gasteiger charge is -1.99. The van der Waals surface area contributed by atoms with Gasteiger partial charge in [0, 0.05) is 15.6 Å². The molecule has 0 aliphatic carbocycles. The molecule has 1 heterocycles. The van der Waals surface area contributed by atoms with Crippen LogP contribution in [0.3, 0.4) is 0 Å². The molecule has 0 saturated heterocycles. The molecule has 0 aliphatic heterocycles. The Hall–Kier alpha value is -2.30. The summed E-state index contributed by atoms with van der Waals surface area (Å²) in [7, 11) is 0. The normalized spacial score (nSPS) is 11.4. The Morgan fingerprint density at radius 2 is 1.77 bits per heavy atom. The molecule has 0 spiro atoms. The van der Waals surface area contributed by atoms with Crippen LogP contribution in [0.4, 0.5) is 0 Å². The van der Waals surface area contributed by atoms with E-state index in [1.54, 1.807) is 42.5 Å². The summed E-state index contributed by atoms with van der Waals surface area (Å²) in [5.74, 6) is -0.185. The number of nitrogens with one attached hydrogen (secondary N) is 2. The Bertz CT molecular complexity index is 954. The summed E-state index contributed by atoms with van der Waals surface area (Å²) in [6.07, 6.45) is 3.06. The summed E-state index contributed by atoms with van der Waals surface area (Å²) in [5.41, 5.74) is 2.13. The number of carbonyl (C=O) groups excluding carboxylic acids is 1. The van der Waals surface area contributed by atoms with Gasteiger partial charge in [-0.3, -0.25) is 4.79 Å². The number of imidazole rings is 1. The summed E-state index contributed by atoms with van der Waals surface area (Å²) < 4.78 is 0. The topological polar surface area (TPSA) is 65.7 Å². The van der Waals surface area contributed by atoms with Gasteiger partial charge in [-0.05, 0) is 48.0 Å². The Balaban J connectivity index is 1.88. The Morgan fingerprint density at radius 3 is 2.55 bits per heavy atom. The Morgan fingerprint density at radius 1 is 1.00 bits per heavy atom. The van der Waals surface area contributed by atoms with Crippen molar-refractivity contribution in [3.8, 4) is 0 Å². The van der Waals surface area contributed by atoms with Gasteiger partial charge in [-0.25, -0.2) is 4.79 Å². The first kappa shape index (κ1) is 14.6. The van der Waals surface area contributed by atoms with Crippen LogP contribution in [0.5, 0.6) is 0 Å². The number of allylic oxidation sites excluding steroid dienone is 1. The number of rotatable bonds is 3. The van der Waals surface area contributed by atoms with Crippen molar-refractivity contribution >= 4 is 46.1 Å².